The maximum atomic E-state index is 12.0. The molecule has 0 aromatic heterocycles. The number of halogens is 2. The summed E-state index contributed by atoms with van der Waals surface area (Å²) in [6, 6.07) is 10.7. The van der Waals surface area contributed by atoms with Crippen molar-refractivity contribution >= 4 is 40.5 Å². The maximum absolute atomic E-state index is 12.0. The highest BCUT2D eigenvalue weighted by Gasteiger charge is 2.14. The molecule has 118 valence electrons. The van der Waals surface area contributed by atoms with E-state index in [0.29, 0.717) is 21.9 Å². The Morgan fingerprint density at radius 3 is 2.57 bits per heavy atom. The zero-order chi connectivity index (χ0) is 17.0. The Morgan fingerprint density at radius 1 is 1.17 bits per heavy atom. The maximum Gasteiger partial charge on any atom is 0.288 e. The van der Waals surface area contributed by atoms with Gasteiger partial charge >= 0.3 is 0 Å². The molecule has 1 amide bonds. The zero-order valence-corrected chi connectivity index (χ0v) is 13.4. The van der Waals surface area contributed by atoms with Crippen molar-refractivity contribution in [3.8, 4) is 0 Å². The fraction of sp³-hybridized carbons (Fsp3) is 0.0667. The smallest absolute Gasteiger partial charge is 0.267 e. The molecule has 0 heterocycles. The van der Waals surface area contributed by atoms with Crippen molar-refractivity contribution in [2.24, 2.45) is 5.10 Å². The first-order valence-electron chi connectivity index (χ1n) is 6.43. The van der Waals surface area contributed by atoms with Crippen LogP contribution in [0, 0.1) is 10.1 Å². The van der Waals surface area contributed by atoms with Gasteiger partial charge in [0.25, 0.3) is 11.6 Å². The third-order valence-corrected chi connectivity index (χ3v) is 3.53. The summed E-state index contributed by atoms with van der Waals surface area (Å²) in [7, 11) is 0. The first-order valence-corrected chi connectivity index (χ1v) is 7.18. The number of hydrogen-bond acceptors (Lipinski definition) is 4. The quantitative estimate of drug-likeness (QED) is 0.512. The largest absolute Gasteiger partial charge is 0.288 e. The molecule has 0 aliphatic rings. The molecule has 0 aliphatic heterocycles. The van der Waals surface area contributed by atoms with E-state index in [9.17, 15) is 14.9 Å². The molecule has 0 spiro atoms. The number of nitro groups is 1. The number of hydrazone groups is 1. The molecule has 0 saturated carbocycles. The molecule has 0 fully saturated rings. The van der Waals surface area contributed by atoms with Crippen molar-refractivity contribution in [1.82, 2.24) is 5.43 Å². The topological polar surface area (TPSA) is 84.6 Å². The molecule has 1 N–H and O–H groups in total. The van der Waals surface area contributed by atoms with Crippen molar-refractivity contribution in [3.63, 3.8) is 0 Å². The van der Waals surface area contributed by atoms with Gasteiger partial charge in [-0.25, -0.2) is 5.43 Å². The van der Waals surface area contributed by atoms with E-state index in [1.807, 2.05) is 0 Å². The number of nitrogens with zero attached hydrogens (tertiary/aromatic N) is 2. The van der Waals surface area contributed by atoms with Gasteiger partial charge in [-0.05, 0) is 31.2 Å². The minimum Gasteiger partial charge on any atom is -0.267 e. The number of nitrogens with one attached hydrogen (secondary N) is 1. The van der Waals surface area contributed by atoms with E-state index in [0.717, 1.165) is 0 Å². The van der Waals surface area contributed by atoms with Crippen molar-refractivity contribution < 1.29 is 9.72 Å². The summed E-state index contributed by atoms with van der Waals surface area (Å²) in [5.74, 6) is -0.435. The number of rotatable bonds is 4. The predicted octanol–water partition coefficient (Wildman–Crippen LogP) is 4.06. The standard InChI is InChI=1S/C15H11Cl2N3O3/c1-9(10-5-6-13(17)14(8-10)20(22)23)18-19-15(21)11-3-2-4-12(16)7-11/h2-8H,1H3,(H,19,21)/b18-9-. The van der Waals surface area contributed by atoms with Crippen LogP contribution >= 0.6 is 23.2 Å². The fourth-order valence-electron chi connectivity index (χ4n) is 1.77. The summed E-state index contributed by atoms with van der Waals surface area (Å²) in [5.41, 5.74) is 3.39. The van der Waals surface area contributed by atoms with Crippen LogP contribution in [0.25, 0.3) is 0 Å². The Bertz CT molecular complexity index is 806. The van der Waals surface area contributed by atoms with Crippen LogP contribution in [0.15, 0.2) is 47.6 Å². The van der Waals surface area contributed by atoms with E-state index in [1.165, 1.54) is 18.2 Å². The first kappa shape index (κ1) is 16.9. The highest BCUT2D eigenvalue weighted by molar-refractivity contribution is 6.32. The molecule has 2 aromatic carbocycles. The molecular formula is C15H11Cl2N3O3. The molecule has 0 radical (unpaired) electrons. The number of carbonyl (C=O) groups is 1. The highest BCUT2D eigenvalue weighted by Crippen LogP contribution is 2.25. The second kappa shape index (κ2) is 7.21. The molecule has 6 nitrogen and oxygen atoms in total. The molecule has 2 aromatic rings. The van der Waals surface area contributed by atoms with Gasteiger partial charge in [0, 0.05) is 22.2 Å². The van der Waals surface area contributed by atoms with E-state index in [2.05, 4.69) is 10.5 Å². The van der Waals surface area contributed by atoms with E-state index >= 15 is 0 Å². The van der Waals surface area contributed by atoms with Gasteiger partial charge in [-0.2, -0.15) is 5.10 Å². The average Bonchev–Trinajstić information content (AvgIpc) is 2.52. The number of hydrogen-bond donors (Lipinski definition) is 1. The first-order chi connectivity index (χ1) is 10.9. The molecule has 0 atom stereocenters. The normalized spacial score (nSPS) is 11.2. The van der Waals surface area contributed by atoms with Crippen LogP contribution in [0.4, 0.5) is 5.69 Å². The summed E-state index contributed by atoms with van der Waals surface area (Å²) in [4.78, 5) is 22.3. The lowest BCUT2D eigenvalue weighted by Crippen LogP contribution is -2.19. The van der Waals surface area contributed by atoms with Crippen molar-refractivity contribution in [3.05, 3.63) is 73.8 Å². The molecular weight excluding hydrogens is 341 g/mol. The van der Waals surface area contributed by atoms with E-state index in [4.69, 9.17) is 23.2 Å². The van der Waals surface area contributed by atoms with Gasteiger partial charge < -0.3 is 0 Å². The van der Waals surface area contributed by atoms with Crippen LogP contribution in [0.3, 0.4) is 0 Å². The van der Waals surface area contributed by atoms with Crippen molar-refractivity contribution in [1.29, 1.82) is 0 Å². The number of nitro benzene ring substituents is 1. The minimum atomic E-state index is -0.580. The molecule has 8 heteroatoms. The Labute approximate surface area is 141 Å². The van der Waals surface area contributed by atoms with Crippen LogP contribution in [-0.4, -0.2) is 16.5 Å². The van der Waals surface area contributed by atoms with Gasteiger partial charge in [-0.15, -0.1) is 0 Å². The van der Waals surface area contributed by atoms with E-state index < -0.39 is 10.8 Å². The monoisotopic (exact) mass is 351 g/mol. The van der Waals surface area contributed by atoms with Gasteiger partial charge in [0.05, 0.1) is 10.6 Å². The lowest BCUT2D eigenvalue weighted by molar-refractivity contribution is -0.384. The summed E-state index contributed by atoms with van der Waals surface area (Å²) in [6.45, 7) is 1.62. The minimum absolute atomic E-state index is 0.0366. The Morgan fingerprint density at radius 2 is 1.91 bits per heavy atom. The zero-order valence-electron chi connectivity index (χ0n) is 11.9. The number of benzene rings is 2. The summed E-state index contributed by atoms with van der Waals surface area (Å²) >= 11 is 11.6. The predicted molar refractivity (Wildman–Crippen MR) is 89.2 cm³/mol. The molecule has 0 saturated heterocycles. The lowest BCUT2D eigenvalue weighted by Gasteiger charge is -2.04. The van der Waals surface area contributed by atoms with Gasteiger partial charge in [-0.3, -0.25) is 14.9 Å². The summed E-state index contributed by atoms with van der Waals surface area (Å²) < 4.78 is 0. The van der Waals surface area contributed by atoms with Crippen LogP contribution in [-0.2, 0) is 0 Å². The van der Waals surface area contributed by atoms with Crippen LogP contribution in [0.2, 0.25) is 10.0 Å². The third-order valence-electron chi connectivity index (χ3n) is 2.97. The fourth-order valence-corrected chi connectivity index (χ4v) is 2.15. The number of carbonyl (C=O) groups excluding carboxylic acids is 1. The Balaban J connectivity index is 2.18. The lowest BCUT2D eigenvalue weighted by atomic mass is 10.1. The SMILES string of the molecule is C/C(=N/NC(=O)c1cccc(Cl)c1)c1ccc(Cl)c([N+](=O)[O-])c1. The van der Waals surface area contributed by atoms with Crippen LogP contribution in [0.1, 0.15) is 22.8 Å². The van der Waals surface area contributed by atoms with Gasteiger partial charge in [0.2, 0.25) is 0 Å². The Hall–Kier alpha value is -2.44. The van der Waals surface area contributed by atoms with Gasteiger partial charge in [0.15, 0.2) is 0 Å². The van der Waals surface area contributed by atoms with E-state index in [-0.39, 0.29) is 10.7 Å². The van der Waals surface area contributed by atoms with E-state index in [1.54, 1.807) is 31.2 Å². The number of amides is 1. The molecule has 0 aliphatic carbocycles. The summed E-state index contributed by atoms with van der Waals surface area (Å²) in [5, 5.41) is 15.3. The second-order valence-electron chi connectivity index (χ2n) is 4.57. The molecule has 23 heavy (non-hydrogen) atoms. The molecule has 2 rings (SSSR count). The third kappa shape index (κ3) is 4.28. The van der Waals surface area contributed by atoms with Crippen molar-refractivity contribution in [2.75, 3.05) is 0 Å². The average molecular weight is 352 g/mol. The summed E-state index contributed by atoms with van der Waals surface area (Å²) in [6.07, 6.45) is 0. The van der Waals surface area contributed by atoms with Gasteiger partial charge in [-0.1, -0.05) is 35.3 Å². The molecule has 0 unspecified atom stereocenters. The van der Waals surface area contributed by atoms with Gasteiger partial charge in [0.1, 0.15) is 5.02 Å². The Kier molecular flexibility index (Phi) is 5.31. The van der Waals surface area contributed by atoms with Crippen molar-refractivity contribution in [2.45, 2.75) is 6.92 Å². The second-order valence-corrected chi connectivity index (χ2v) is 5.42. The van der Waals surface area contributed by atoms with Crippen LogP contribution in [0.5, 0.6) is 0 Å². The molecule has 0 bridgehead atoms. The highest BCUT2D eigenvalue weighted by atomic mass is 35.5. The van der Waals surface area contributed by atoms with Crippen LogP contribution < -0.4 is 5.43 Å².